The summed E-state index contributed by atoms with van der Waals surface area (Å²) < 4.78 is 12.3. The van der Waals surface area contributed by atoms with Crippen LogP contribution in [0.25, 0.3) is 11.1 Å². The molecule has 5 nitrogen and oxygen atoms in total. The molecule has 0 saturated heterocycles. The monoisotopic (exact) mass is 246 g/mol. The number of ether oxygens (including phenoxy) is 1. The zero-order valence-electron chi connectivity index (χ0n) is 9.79. The van der Waals surface area contributed by atoms with Crippen LogP contribution in [0, 0.1) is 0 Å². The summed E-state index contributed by atoms with van der Waals surface area (Å²) in [6.45, 7) is 1.81. The van der Waals surface area contributed by atoms with E-state index in [4.69, 9.17) is 9.15 Å². The normalized spacial score (nSPS) is 12.7. The summed E-state index contributed by atoms with van der Waals surface area (Å²) in [4.78, 5) is 14.9. The lowest BCUT2D eigenvalue weighted by molar-refractivity contribution is 0.0153. The van der Waals surface area contributed by atoms with Gasteiger partial charge in [0.2, 0.25) is 0 Å². The summed E-state index contributed by atoms with van der Waals surface area (Å²) in [5.74, 6) is -0.400. The summed E-state index contributed by atoms with van der Waals surface area (Å²) >= 11 is 0. The van der Waals surface area contributed by atoms with E-state index in [0.717, 1.165) is 5.52 Å². The van der Waals surface area contributed by atoms with Gasteiger partial charge in [0.1, 0.15) is 5.69 Å². The van der Waals surface area contributed by atoms with E-state index in [2.05, 4.69) is 4.98 Å². The molecular formula is C13H14N2O3. The van der Waals surface area contributed by atoms with Crippen LogP contribution in [0.4, 0.5) is 0 Å². The molecule has 0 saturated carbocycles. The first-order valence-corrected chi connectivity index (χ1v) is 5.64. The van der Waals surface area contributed by atoms with Gasteiger partial charge in [-0.25, -0.2) is 4.79 Å². The van der Waals surface area contributed by atoms with Crippen LogP contribution < -0.4 is 0 Å². The molecule has 18 heavy (non-hydrogen) atoms. The lowest BCUT2D eigenvalue weighted by atomic mass is 10.4. The molecule has 3 rings (SSSR count). The number of nitrogens with zero attached hydrogens (tertiary/aromatic N) is 1. The smallest absolute Gasteiger partial charge is 0.356 e. The summed E-state index contributed by atoms with van der Waals surface area (Å²) in [5, 5.41) is 0. The molecule has 1 atom stereocenters. The Morgan fingerprint density at radius 3 is 3.00 bits per heavy atom. The van der Waals surface area contributed by atoms with Crippen molar-refractivity contribution in [3.63, 3.8) is 0 Å². The fraction of sp³-hybridized carbons (Fsp3) is 0.154. The average Bonchev–Trinajstić information content (AvgIpc) is 3.05. The Kier molecular flexibility index (Phi) is 2.44. The fourth-order valence-electron chi connectivity index (χ4n) is 1.83. The molecule has 3 heterocycles. The van der Waals surface area contributed by atoms with Gasteiger partial charge in [0, 0.05) is 26.0 Å². The number of hydrogen-bond acceptors (Lipinski definition) is 3. The van der Waals surface area contributed by atoms with Crippen molar-refractivity contribution in [1.82, 2.24) is 9.55 Å². The van der Waals surface area contributed by atoms with Crippen LogP contribution in [-0.4, -0.2) is 15.5 Å². The molecule has 0 amide bonds. The maximum absolute atomic E-state index is 11.9. The third-order valence-electron chi connectivity index (χ3n) is 2.78. The first-order valence-electron chi connectivity index (χ1n) is 5.64. The Balaban J connectivity index is 0.00000133. The Hall–Kier alpha value is -2.43. The highest BCUT2D eigenvalue weighted by atomic mass is 16.6. The van der Waals surface area contributed by atoms with Gasteiger partial charge >= 0.3 is 5.97 Å². The number of aromatic amines is 1. The Morgan fingerprint density at radius 2 is 2.28 bits per heavy atom. The summed E-state index contributed by atoms with van der Waals surface area (Å²) in [5.41, 5.74) is 1.83. The van der Waals surface area contributed by atoms with Crippen molar-refractivity contribution in [2.75, 3.05) is 0 Å². The van der Waals surface area contributed by atoms with Gasteiger partial charge in [-0.1, -0.05) is 0 Å². The number of fused-ring (bicyclic) bond motifs is 1. The number of aromatic nitrogens is 2. The van der Waals surface area contributed by atoms with Crippen molar-refractivity contribution < 1.29 is 15.4 Å². The predicted molar refractivity (Wildman–Crippen MR) is 67.2 cm³/mol. The van der Waals surface area contributed by atoms with Gasteiger partial charge in [0.25, 0.3) is 0 Å². The molecule has 0 aliphatic heterocycles. The number of carbonyl (C=O) groups excluding carboxylic acids is 1. The largest absolute Gasteiger partial charge is 0.463 e. The molecular weight excluding hydrogens is 232 g/mol. The average molecular weight is 246 g/mol. The van der Waals surface area contributed by atoms with E-state index < -0.39 is 5.97 Å². The van der Waals surface area contributed by atoms with Gasteiger partial charge in [0.05, 0.1) is 11.8 Å². The zero-order valence-corrected chi connectivity index (χ0v) is 9.79. The highest BCUT2D eigenvalue weighted by Crippen LogP contribution is 2.18. The van der Waals surface area contributed by atoms with Crippen LogP contribution in [0.15, 0.2) is 47.3 Å². The SMILES string of the molecule is CC(OC(=O)c1cc2occc2[nH]1)n1cccc1.[HH]. The standard InChI is InChI=1S/C13H12N2O3.H2/c1-9(15-5-2-3-6-15)18-13(16)11-8-12-10(14-11)4-7-17-12;/h2-9,14H,1H3;1H. The number of esters is 1. The molecule has 0 spiro atoms. The Labute approximate surface area is 104 Å². The number of nitrogens with one attached hydrogen (secondary N) is 1. The number of hydrogen-bond donors (Lipinski definition) is 1. The van der Waals surface area contributed by atoms with Gasteiger partial charge in [-0.15, -0.1) is 0 Å². The van der Waals surface area contributed by atoms with Gasteiger partial charge in [-0.05, 0) is 19.1 Å². The molecule has 0 aliphatic carbocycles. The van der Waals surface area contributed by atoms with Gasteiger partial charge < -0.3 is 18.7 Å². The van der Waals surface area contributed by atoms with E-state index in [9.17, 15) is 4.79 Å². The molecule has 0 aliphatic rings. The van der Waals surface area contributed by atoms with E-state index in [1.165, 1.54) is 0 Å². The zero-order chi connectivity index (χ0) is 12.5. The van der Waals surface area contributed by atoms with E-state index in [-0.39, 0.29) is 7.65 Å². The van der Waals surface area contributed by atoms with Crippen LogP contribution in [0.5, 0.6) is 0 Å². The lowest BCUT2D eigenvalue weighted by Gasteiger charge is -2.13. The van der Waals surface area contributed by atoms with Gasteiger partial charge in [-0.3, -0.25) is 0 Å². The lowest BCUT2D eigenvalue weighted by Crippen LogP contribution is -2.13. The molecule has 1 N–H and O–H groups in total. The van der Waals surface area contributed by atoms with Gasteiger partial charge in [-0.2, -0.15) is 0 Å². The highest BCUT2D eigenvalue weighted by Gasteiger charge is 2.15. The first kappa shape index (κ1) is 10.7. The fourth-order valence-corrected chi connectivity index (χ4v) is 1.83. The molecule has 0 bridgehead atoms. The van der Waals surface area contributed by atoms with Crippen molar-refractivity contribution in [1.29, 1.82) is 0 Å². The van der Waals surface area contributed by atoms with Gasteiger partial charge in [0.15, 0.2) is 11.8 Å². The molecule has 3 aromatic rings. The molecule has 0 radical (unpaired) electrons. The minimum absolute atomic E-state index is 0. The van der Waals surface area contributed by atoms with Crippen molar-refractivity contribution in [2.45, 2.75) is 13.2 Å². The number of carbonyl (C=O) groups is 1. The van der Waals surface area contributed by atoms with Crippen LogP contribution in [0.1, 0.15) is 25.1 Å². The van der Waals surface area contributed by atoms with Crippen molar-refractivity contribution in [2.24, 2.45) is 0 Å². The number of rotatable bonds is 3. The topological polar surface area (TPSA) is 60.2 Å². The maximum atomic E-state index is 11.9. The van der Waals surface area contributed by atoms with Crippen molar-refractivity contribution in [3.05, 3.63) is 48.6 Å². The van der Waals surface area contributed by atoms with Crippen molar-refractivity contribution >= 4 is 17.1 Å². The summed E-state index contributed by atoms with van der Waals surface area (Å²) in [6.07, 6.45) is 4.91. The maximum Gasteiger partial charge on any atom is 0.356 e. The minimum atomic E-state index is -0.400. The van der Waals surface area contributed by atoms with E-state index in [1.54, 1.807) is 18.4 Å². The quantitative estimate of drug-likeness (QED) is 0.722. The Morgan fingerprint density at radius 1 is 1.50 bits per heavy atom. The minimum Gasteiger partial charge on any atom is -0.463 e. The number of H-pyrrole nitrogens is 1. The highest BCUT2D eigenvalue weighted by molar-refractivity contribution is 5.93. The molecule has 0 aromatic carbocycles. The second kappa shape index (κ2) is 4.10. The summed E-state index contributed by atoms with van der Waals surface area (Å²) in [6, 6.07) is 7.17. The van der Waals surface area contributed by atoms with E-state index >= 15 is 0 Å². The second-order valence-corrected chi connectivity index (χ2v) is 4.02. The molecule has 5 heteroatoms. The first-order chi connectivity index (χ1) is 8.74. The third-order valence-corrected chi connectivity index (χ3v) is 2.78. The van der Waals surface area contributed by atoms with Crippen LogP contribution in [-0.2, 0) is 4.74 Å². The number of furan rings is 1. The van der Waals surface area contributed by atoms with Crippen LogP contribution >= 0.6 is 0 Å². The van der Waals surface area contributed by atoms with E-state index in [0.29, 0.717) is 11.3 Å². The van der Waals surface area contributed by atoms with E-state index in [1.807, 2.05) is 36.0 Å². The molecule has 3 aromatic heterocycles. The summed E-state index contributed by atoms with van der Waals surface area (Å²) in [7, 11) is 0. The second-order valence-electron chi connectivity index (χ2n) is 4.02. The van der Waals surface area contributed by atoms with Crippen LogP contribution in [0.3, 0.4) is 0 Å². The van der Waals surface area contributed by atoms with Crippen LogP contribution in [0.2, 0.25) is 0 Å². The third kappa shape index (κ3) is 1.79. The van der Waals surface area contributed by atoms with Crippen molar-refractivity contribution in [3.8, 4) is 0 Å². The Bertz CT molecular complexity index is 641. The molecule has 94 valence electrons. The molecule has 0 fully saturated rings. The molecule has 1 unspecified atom stereocenters. The predicted octanol–water partition coefficient (Wildman–Crippen LogP) is 3.18.